The molecule has 7 nitrogen and oxygen atoms in total. The van der Waals surface area contributed by atoms with Gasteiger partial charge in [0.15, 0.2) is 17.5 Å². The molecule has 0 fully saturated rings. The molecule has 0 saturated carbocycles. The van der Waals surface area contributed by atoms with Gasteiger partial charge < -0.3 is 4.57 Å². The quantitative estimate of drug-likeness (QED) is 0.152. The van der Waals surface area contributed by atoms with Gasteiger partial charge in [-0.2, -0.15) is 9.97 Å². The van der Waals surface area contributed by atoms with Crippen molar-refractivity contribution in [1.82, 2.24) is 34.1 Å². The summed E-state index contributed by atoms with van der Waals surface area (Å²) in [5.74, 6) is 2.46. The third-order valence-corrected chi connectivity index (χ3v) is 12.8. The maximum atomic E-state index is 5.28. The molecule has 0 atom stereocenters. The van der Waals surface area contributed by atoms with Crippen LogP contribution in [0.25, 0.3) is 123 Å². The van der Waals surface area contributed by atoms with Crippen LogP contribution in [0.4, 0.5) is 0 Å². The van der Waals surface area contributed by atoms with E-state index in [2.05, 4.69) is 173 Å². The zero-order chi connectivity index (χ0) is 45.0. The van der Waals surface area contributed by atoms with Crippen LogP contribution in [-0.4, -0.2) is 34.1 Å². The molecule has 0 spiro atoms. The smallest absolute Gasteiger partial charge is 0.238 e. The summed E-state index contributed by atoms with van der Waals surface area (Å²) in [4.78, 5) is 25.9. The molecule has 0 bridgehead atoms. The monoisotopic (exact) mass is 869 g/mol. The van der Waals surface area contributed by atoms with Crippen molar-refractivity contribution in [2.24, 2.45) is 0 Å². The molecule has 9 aromatic carbocycles. The molecular formula is C61H39N7. The SMILES string of the molecule is c1ccc(-c2cc(-c3ccccc3-c3ccccc3)nc(-c3ccc(-n4c5ccccc5c5cc6c(cc54)c4ccccc4n6-c4nc(-c5ccccc5)nc(-c5ccccc5)n4)cc3)n2)cc1. The number of para-hydroxylation sites is 2. The lowest BCUT2D eigenvalue weighted by molar-refractivity contribution is 0.954. The molecule has 0 saturated heterocycles. The zero-order valence-electron chi connectivity index (χ0n) is 36.6. The standard InChI is InChI=1S/C61H39N7/c1-5-19-40(20-6-1)46-27-13-14-28-47(46)53-39-52(41-21-7-2-8-22-41)62-58(63-53)44-33-35-45(36-34-44)67-54-31-17-15-29-48(54)50-38-57-51(37-56(50)67)49-30-16-18-32-55(49)68(57)61-65-59(42-23-9-3-10-24-42)64-60(66-61)43-25-11-4-12-26-43/h1-39H. The first kappa shape index (κ1) is 39.1. The second kappa shape index (κ2) is 16.3. The molecule has 0 amide bonds. The fraction of sp³-hybridized carbons (Fsp3) is 0. The molecule has 318 valence electrons. The molecule has 0 N–H and O–H groups in total. The van der Waals surface area contributed by atoms with Gasteiger partial charge in [0.25, 0.3) is 0 Å². The minimum Gasteiger partial charge on any atom is -0.309 e. The van der Waals surface area contributed by atoms with Crippen LogP contribution in [0.2, 0.25) is 0 Å². The number of fused-ring (bicyclic) bond motifs is 6. The molecular weight excluding hydrogens is 831 g/mol. The highest BCUT2D eigenvalue weighted by Crippen LogP contribution is 2.40. The minimum atomic E-state index is 0.563. The van der Waals surface area contributed by atoms with E-state index in [9.17, 15) is 0 Å². The van der Waals surface area contributed by atoms with Crippen LogP contribution in [0.5, 0.6) is 0 Å². The molecule has 4 aromatic heterocycles. The Balaban J connectivity index is 0.976. The molecule has 7 heteroatoms. The number of hydrogen-bond donors (Lipinski definition) is 0. The van der Waals surface area contributed by atoms with Gasteiger partial charge >= 0.3 is 0 Å². The summed E-state index contributed by atoms with van der Waals surface area (Å²) >= 11 is 0. The van der Waals surface area contributed by atoms with E-state index in [0.29, 0.717) is 23.4 Å². The van der Waals surface area contributed by atoms with Crippen molar-refractivity contribution < 1.29 is 0 Å². The summed E-state index contributed by atoms with van der Waals surface area (Å²) in [5, 5.41) is 4.49. The molecule has 0 unspecified atom stereocenters. The second-order valence-electron chi connectivity index (χ2n) is 16.9. The topological polar surface area (TPSA) is 74.3 Å². The molecule has 0 aliphatic carbocycles. The van der Waals surface area contributed by atoms with Crippen molar-refractivity contribution >= 4 is 43.6 Å². The third-order valence-electron chi connectivity index (χ3n) is 12.8. The first-order valence-electron chi connectivity index (χ1n) is 22.8. The highest BCUT2D eigenvalue weighted by Gasteiger charge is 2.22. The van der Waals surface area contributed by atoms with Crippen molar-refractivity contribution in [3.8, 4) is 79.4 Å². The van der Waals surface area contributed by atoms with Crippen LogP contribution in [0, 0.1) is 0 Å². The van der Waals surface area contributed by atoms with E-state index in [1.165, 1.54) is 0 Å². The highest BCUT2D eigenvalue weighted by molar-refractivity contribution is 6.19. The van der Waals surface area contributed by atoms with E-state index in [1.54, 1.807) is 0 Å². The fourth-order valence-corrected chi connectivity index (χ4v) is 9.63. The van der Waals surface area contributed by atoms with Gasteiger partial charge in [-0.25, -0.2) is 15.0 Å². The van der Waals surface area contributed by atoms with Crippen molar-refractivity contribution in [3.63, 3.8) is 0 Å². The van der Waals surface area contributed by atoms with Crippen molar-refractivity contribution in [1.29, 1.82) is 0 Å². The van der Waals surface area contributed by atoms with Crippen LogP contribution < -0.4 is 0 Å². The predicted molar refractivity (Wildman–Crippen MR) is 277 cm³/mol. The van der Waals surface area contributed by atoms with Gasteiger partial charge in [0.1, 0.15) is 0 Å². The number of nitrogens with zero attached hydrogens (tertiary/aromatic N) is 7. The lowest BCUT2D eigenvalue weighted by Crippen LogP contribution is -2.06. The molecule has 4 heterocycles. The van der Waals surface area contributed by atoms with Gasteiger partial charge in [-0.1, -0.05) is 182 Å². The van der Waals surface area contributed by atoms with Crippen LogP contribution >= 0.6 is 0 Å². The van der Waals surface area contributed by atoms with Crippen LogP contribution in [0.3, 0.4) is 0 Å². The molecule has 13 rings (SSSR count). The molecule has 13 aromatic rings. The fourth-order valence-electron chi connectivity index (χ4n) is 9.63. The zero-order valence-corrected chi connectivity index (χ0v) is 36.6. The van der Waals surface area contributed by atoms with Gasteiger partial charge in [-0.3, -0.25) is 4.57 Å². The minimum absolute atomic E-state index is 0.563. The van der Waals surface area contributed by atoms with Crippen LogP contribution in [0.1, 0.15) is 0 Å². The number of aromatic nitrogens is 7. The van der Waals surface area contributed by atoms with E-state index in [-0.39, 0.29) is 0 Å². The van der Waals surface area contributed by atoms with E-state index in [1.807, 2.05) is 72.8 Å². The van der Waals surface area contributed by atoms with E-state index in [0.717, 1.165) is 99.6 Å². The van der Waals surface area contributed by atoms with E-state index in [4.69, 9.17) is 24.9 Å². The first-order valence-corrected chi connectivity index (χ1v) is 22.8. The number of rotatable bonds is 8. The lowest BCUT2D eigenvalue weighted by atomic mass is 9.96. The van der Waals surface area contributed by atoms with E-state index < -0.39 is 0 Å². The first-order chi connectivity index (χ1) is 33.7. The summed E-state index contributed by atoms with van der Waals surface area (Å²) in [5.41, 5.74) is 14.1. The maximum Gasteiger partial charge on any atom is 0.238 e. The Bertz CT molecular complexity index is 3940. The Morgan fingerprint density at radius 2 is 0.676 bits per heavy atom. The Labute approximate surface area is 392 Å². The highest BCUT2D eigenvalue weighted by atomic mass is 15.2. The van der Waals surface area contributed by atoms with Crippen LogP contribution in [-0.2, 0) is 0 Å². The summed E-state index contributed by atoms with van der Waals surface area (Å²) in [6, 6.07) is 82.2. The van der Waals surface area contributed by atoms with Gasteiger partial charge in [-0.15, -0.1) is 0 Å². The van der Waals surface area contributed by atoms with E-state index >= 15 is 0 Å². The summed E-state index contributed by atoms with van der Waals surface area (Å²) in [7, 11) is 0. The van der Waals surface area contributed by atoms with Gasteiger partial charge in [0.2, 0.25) is 5.95 Å². The molecule has 0 aliphatic rings. The van der Waals surface area contributed by atoms with Crippen molar-refractivity contribution in [2.75, 3.05) is 0 Å². The Kier molecular flexibility index (Phi) is 9.35. The second-order valence-corrected chi connectivity index (χ2v) is 16.9. The maximum absolute atomic E-state index is 5.28. The van der Waals surface area contributed by atoms with Gasteiger partial charge in [0, 0.05) is 55.0 Å². The lowest BCUT2D eigenvalue weighted by Gasteiger charge is -2.13. The number of hydrogen-bond acceptors (Lipinski definition) is 5. The van der Waals surface area contributed by atoms with Crippen molar-refractivity contribution in [3.05, 3.63) is 237 Å². The Morgan fingerprint density at radius 1 is 0.250 bits per heavy atom. The summed E-state index contributed by atoms with van der Waals surface area (Å²) < 4.78 is 4.56. The Hall–Kier alpha value is -9.33. The summed E-state index contributed by atoms with van der Waals surface area (Å²) in [6.07, 6.45) is 0. The molecule has 0 radical (unpaired) electrons. The molecule has 0 aliphatic heterocycles. The largest absolute Gasteiger partial charge is 0.309 e. The molecule has 68 heavy (non-hydrogen) atoms. The predicted octanol–water partition coefficient (Wildman–Crippen LogP) is 14.9. The average Bonchev–Trinajstić information content (AvgIpc) is 3.93. The Morgan fingerprint density at radius 3 is 1.26 bits per heavy atom. The van der Waals surface area contributed by atoms with Gasteiger partial charge in [-0.05, 0) is 65.7 Å². The normalized spacial score (nSPS) is 11.5. The van der Waals surface area contributed by atoms with Crippen LogP contribution in [0.15, 0.2) is 237 Å². The van der Waals surface area contributed by atoms with Crippen molar-refractivity contribution in [2.45, 2.75) is 0 Å². The third kappa shape index (κ3) is 6.72. The average molecular weight is 870 g/mol. The number of benzene rings is 9. The van der Waals surface area contributed by atoms with Gasteiger partial charge in [0.05, 0.1) is 33.5 Å². The summed E-state index contributed by atoms with van der Waals surface area (Å²) in [6.45, 7) is 0.